The first-order chi connectivity index (χ1) is 15.7. The minimum absolute atomic E-state index is 0.171. The third kappa shape index (κ3) is 4.17. The lowest BCUT2D eigenvalue weighted by molar-refractivity contribution is 0.0916. The van der Waals surface area contributed by atoms with Crippen molar-refractivity contribution in [2.45, 2.75) is 19.6 Å². The Labute approximate surface area is 188 Å². The number of carbonyl (C=O) groups excluding carboxylic acids is 1. The zero-order valence-corrected chi connectivity index (χ0v) is 18.0. The molecule has 0 spiro atoms. The molecule has 0 unspecified atom stereocenters. The summed E-state index contributed by atoms with van der Waals surface area (Å²) < 4.78 is 5.47. The van der Waals surface area contributed by atoms with Gasteiger partial charge in [-0.2, -0.15) is 0 Å². The SMILES string of the molecule is O=C(OCc1ccccc1)N1CCc2[nH]c(=O)c(-c3csc(-c4ccncc4)n3)cc2C1. The van der Waals surface area contributed by atoms with Crippen LogP contribution in [0.2, 0.25) is 0 Å². The van der Waals surface area contributed by atoms with Crippen molar-refractivity contribution in [1.29, 1.82) is 0 Å². The number of rotatable bonds is 4. The molecular formula is C24H20N4O3S. The number of aromatic amines is 1. The number of benzene rings is 1. The van der Waals surface area contributed by atoms with Gasteiger partial charge in [0, 0.05) is 42.0 Å². The molecule has 1 aliphatic heterocycles. The van der Waals surface area contributed by atoms with Crippen LogP contribution in [0.15, 0.2) is 71.1 Å². The summed E-state index contributed by atoms with van der Waals surface area (Å²) in [7, 11) is 0. The fraction of sp³-hybridized carbons (Fsp3) is 0.167. The van der Waals surface area contributed by atoms with Crippen LogP contribution in [0.25, 0.3) is 21.8 Å². The topological polar surface area (TPSA) is 88.2 Å². The minimum atomic E-state index is -0.360. The zero-order chi connectivity index (χ0) is 21.9. The summed E-state index contributed by atoms with van der Waals surface area (Å²) in [5.41, 5.74) is 4.61. The van der Waals surface area contributed by atoms with E-state index >= 15 is 0 Å². The molecule has 0 saturated heterocycles. The highest BCUT2D eigenvalue weighted by atomic mass is 32.1. The Morgan fingerprint density at radius 3 is 2.78 bits per heavy atom. The van der Waals surface area contributed by atoms with Gasteiger partial charge in [0.2, 0.25) is 0 Å². The summed E-state index contributed by atoms with van der Waals surface area (Å²) in [6, 6.07) is 15.2. The summed E-state index contributed by atoms with van der Waals surface area (Å²) in [4.78, 5) is 38.6. The Morgan fingerprint density at radius 1 is 1.16 bits per heavy atom. The Bertz CT molecular complexity index is 1300. The smallest absolute Gasteiger partial charge is 0.410 e. The van der Waals surface area contributed by atoms with Gasteiger partial charge in [0.25, 0.3) is 5.56 Å². The molecule has 0 atom stereocenters. The predicted molar refractivity (Wildman–Crippen MR) is 122 cm³/mol. The second-order valence-electron chi connectivity index (χ2n) is 7.50. The Hall–Kier alpha value is -3.78. The van der Waals surface area contributed by atoms with Gasteiger partial charge in [-0.15, -0.1) is 11.3 Å². The van der Waals surface area contributed by atoms with E-state index in [1.165, 1.54) is 11.3 Å². The van der Waals surface area contributed by atoms with Gasteiger partial charge in [-0.1, -0.05) is 30.3 Å². The third-order valence-electron chi connectivity index (χ3n) is 5.38. The molecule has 1 amide bonds. The maximum absolute atomic E-state index is 12.7. The molecule has 4 heterocycles. The first-order valence-corrected chi connectivity index (χ1v) is 11.1. The van der Waals surface area contributed by atoms with Crippen LogP contribution in [0, 0.1) is 0 Å². The van der Waals surface area contributed by atoms with Gasteiger partial charge in [0.15, 0.2) is 0 Å². The van der Waals surface area contributed by atoms with Gasteiger partial charge in [0.05, 0.1) is 17.8 Å². The average molecular weight is 445 g/mol. The van der Waals surface area contributed by atoms with Gasteiger partial charge in [-0.3, -0.25) is 9.78 Å². The molecule has 5 rings (SSSR count). The monoisotopic (exact) mass is 444 g/mol. The summed E-state index contributed by atoms with van der Waals surface area (Å²) >= 11 is 1.48. The number of fused-ring (bicyclic) bond motifs is 1. The fourth-order valence-corrected chi connectivity index (χ4v) is 4.51. The van der Waals surface area contributed by atoms with Crippen LogP contribution in [0.5, 0.6) is 0 Å². The van der Waals surface area contributed by atoms with Crippen molar-refractivity contribution in [3.63, 3.8) is 0 Å². The van der Waals surface area contributed by atoms with E-state index in [4.69, 9.17) is 4.74 Å². The number of amides is 1. The Morgan fingerprint density at radius 2 is 1.97 bits per heavy atom. The summed E-state index contributed by atoms with van der Waals surface area (Å²) in [6.45, 7) is 1.11. The van der Waals surface area contributed by atoms with E-state index in [9.17, 15) is 9.59 Å². The molecule has 0 fully saturated rings. The molecule has 32 heavy (non-hydrogen) atoms. The Balaban J connectivity index is 1.34. The molecule has 0 aliphatic carbocycles. The maximum Gasteiger partial charge on any atom is 0.410 e. The highest BCUT2D eigenvalue weighted by Crippen LogP contribution is 2.28. The van der Waals surface area contributed by atoms with Crippen LogP contribution in [-0.2, 0) is 24.3 Å². The largest absolute Gasteiger partial charge is 0.445 e. The van der Waals surface area contributed by atoms with Gasteiger partial charge in [0.1, 0.15) is 11.6 Å². The number of thiazole rings is 1. The van der Waals surface area contributed by atoms with Gasteiger partial charge < -0.3 is 14.6 Å². The zero-order valence-electron chi connectivity index (χ0n) is 17.2. The van der Waals surface area contributed by atoms with E-state index in [2.05, 4.69) is 15.0 Å². The lowest BCUT2D eigenvalue weighted by Gasteiger charge is -2.28. The number of carbonyl (C=O) groups is 1. The standard InChI is InChI=1S/C24H20N4O3S/c29-22-19(21-15-32-23(27-21)17-6-9-25-10-7-17)12-18-13-28(11-8-20(18)26-22)24(30)31-14-16-4-2-1-3-5-16/h1-7,9-10,12,15H,8,11,13-14H2,(H,26,29). The molecule has 0 radical (unpaired) electrons. The minimum Gasteiger partial charge on any atom is -0.445 e. The molecule has 8 heteroatoms. The quantitative estimate of drug-likeness (QED) is 0.508. The molecule has 1 aliphatic rings. The lowest BCUT2D eigenvalue weighted by atomic mass is 10.0. The maximum atomic E-state index is 12.7. The van der Waals surface area contributed by atoms with Gasteiger partial charge in [-0.05, 0) is 29.3 Å². The normalized spacial score (nSPS) is 12.9. The third-order valence-corrected chi connectivity index (χ3v) is 6.27. The highest BCUT2D eigenvalue weighted by molar-refractivity contribution is 7.13. The van der Waals surface area contributed by atoms with Crippen molar-refractivity contribution >= 4 is 17.4 Å². The predicted octanol–water partition coefficient (Wildman–Crippen LogP) is 4.26. The van der Waals surface area contributed by atoms with E-state index < -0.39 is 0 Å². The molecule has 160 valence electrons. The van der Waals surface area contributed by atoms with Crippen LogP contribution >= 0.6 is 11.3 Å². The first kappa shape index (κ1) is 20.1. The van der Waals surface area contributed by atoms with E-state index in [-0.39, 0.29) is 18.3 Å². The van der Waals surface area contributed by atoms with Crippen LogP contribution < -0.4 is 5.56 Å². The summed E-state index contributed by atoms with van der Waals surface area (Å²) in [5.74, 6) is 0. The van der Waals surface area contributed by atoms with E-state index in [0.29, 0.717) is 30.8 Å². The fourth-order valence-electron chi connectivity index (χ4n) is 3.69. The van der Waals surface area contributed by atoms with Gasteiger partial charge in [-0.25, -0.2) is 9.78 Å². The number of H-pyrrole nitrogens is 1. The number of pyridine rings is 2. The summed E-state index contributed by atoms with van der Waals surface area (Å²) in [6.07, 6.45) is 3.65. The van der Waals surface area contributed by atoms with Crippen molar-refractivity contribution < 1.29 is 9.53 Å². The second-order valence-corrected chi connectivity index (χ2v) is 8.36. The van der Waals surface area contributed by atoms with Crippen molar-refractivity contribution in [3.05, 3.63) is 93.5 Å². The van der Waals surface area contributed by atoms with Crippen LogP contribution in [-0.4, -0.2) is 32.5 Å². The highest BCUT2D eigenvalue weighted by Gasteiger charge is 2.24. The van der Waals surface area contributed by atoms with E-state index in [1.807, 2.05) is 53.9 Å². The molecule has 1 aromatic carbocycles. The lowest BCUT2D eigenvalue weighted by Crippen LogP contribution is -2.37. The van der Waals surface area contributed by atoms with Crippen molar-refractivity contribution in [3.8, 4) is 21.8 Å². The number of hydrogen-bond acceptors (Lipinski definition) is 6. The molecule has 1 N–H and O–H groups in total. The molecular weight excluding hydrogens is 424 g/mol. The number of hydrogen-bond donors (Lipinski definition) is 1. The molecule has 3 aromatic heterocycles. The molecule has 7 nitrogen and oxygen atoms in total. The molecule has 0 bridgehead atoms. The van der Waals surface area contributed by atoms with E-state index in [0.717, 1.165) is 27.4 Å². The summed E-state index contributed by atoms with van der Waals surface area (Å²) in [5, 5.41) is 2.70. The molecule has 0 saturated carbocycles. The van der Waals surface area contributed by atoms with Crippen molar-refractivity contribution in [1.82, 2.24) is 19.9 Å². The van der Waals surface area contributed by atoms with Crippen LogP contribution in [0.4, 0.5) is 4.79 Å². The number of aromatic nitrogens is 3. The number of nitrogens with zero attached hydrogens (tertiary/aromatic N) is 3. The van der Waals surface area contributed by atoms with E-state index in [1.54, 1.807) is 17.3 Å². The van der Waals surface area contributed by atoms with Crippen molar-refractivity contribution in [2.75, 3.05) is 6.54 Å². The number of nitrogens with one attached hydrogen (secondary N) is 1. The Kier molecular flexibility index (Phi) is 5.51. The average Bonchev–Trinajstić information content (AvgIpc) is 3.33. The van der Waals surface area contributed by atoms with Crippen LogP contribution in [0.3, 0.4) is 0 Å². The number of ether oxygens (including phenoxy) is 1. The molecule has 4 aromatic rings. The van der Waals surface area contributed by atoms with Gasteiger partial charge >= 0.3 is 6.09 Å². The van der Waals surface area contributed by atoms with Crippen molar-refractivity contribution in [2.24, 2.45) is 0 Å². The second kappa shape index (κ2) is 8.76. The first-order valence-electron chi connectivity index (χ1n) is 10.2. The van der Waals surface area contributed by atoms with Crippen LogP contribution in [0.1, 0.15) is 16.8 Å².